The van der Waals surface area contributed by atoms with Gasteiger partial charge in [0.05, 0.1) is 0 Å². The van der Waals surface area contributed by atoms with Gasteiger partial charge in [0.25, 0.3) is 5.91 Å². The molecule has 1 atom stereocenters. The minimum absolute atomic E-state index is 0.0918. The predicted octanol–water partition coefficient (Wildman–Crippen LogP) is 3.06. The molecule has 102 valence electrons. The molecule has 5 heteroatoms. The third-order valence-electron chi connectivity index (χ3n) is 3.77. The van der Waals surface area contributed by atoms with Crippen LogP contribution in [0.15, 0.2) is 12.1 Å². The van der Waals surface area contributed by atoms with E-state index in [0.717, 1.165) is 30.4 Å². The minimum Gasteiger partial charge on any atom is -0.368 e. The Bertz CT molecular complexity index is 512. The Balaban J connectivity index is 1.80. The van der Waals surface area contributed by atoms with E-state index in [0.29, 0.717) is 29.7 Å². The van der Waals surface area contributed by atoms with Crippen LogP contribution in [0.2, 0.25) is 10.0 Å². The smallest absolute Gasteiger partial charge is 0.252 e. The van der Waals surface area contributed by atoms with E-state index in [1.807, 2.05) is 11.0 Å². The fourth-order valence-corrected chi connectivity index (χ4v) is 3.34. The summed E-state index contributed by atoms with van der Waals surface area (Å²) in [5, 5.41) is 1.30. The molecule has 2 heterocycles. The van der Waals surface area contributed by atoms with Crippen LogP contribution in [0, 0.1) is 0 Å². The second kappa shape index (κ2) is 5.31. The van der Waals surface area contributed by atoms with Crippen molar-refractivity contribution in [3.63, 3.8) is 0 Å². The summed E-state index contributed by atoms with van der Waals surface area (Å²) in [4.78, 5) is 14.2. The van der Waals surface area contributed by atoms with Gasteiger partial charge in [-0.2, -0.15) is 0 Å². The first-order chi connectivity index (χ1) is 9.15. The summed E-state index contributed by atoms with van der Waals surface area (Å²) in [7, 11) is 0. The molecular formula is C14H15Cl2NO2. The number of ether oxygens (including phenoxy) is 1. The van der Waals surface area contributed by atoms with Gasteiger partial charge in [-0.15, -0.1) is 0 Å². The maximum Gasteiger partial charge on any atom is 0.252 e. The topological polar surface area (TPSA) is 29.5 Å². The molecule has 0 N–H and O–H groups in total. The molecule has 3 rings (SSSR count). The van der Waals surface area contributed by atoms with E-state index < -0.39 is 0 Å². The van der Waals surface area contributed by atoms with Gasteiger partial charge in [0.1, 0.15) is 6.10 Å². The highest BCUT2D eigenvalue weighted by atomic mass is 35.5. The van der Waals surface area contributed by atoms with Crippen molar-refractivity contribution >= 4 is 29.1 Å². The third kappa shape index (κ3) is 2.60. The van der Waals surface area contributed by atoms with Gasteiger partial charge in [-0.25, -0.2) is 0 Å². The number of fused-ring (bicyclic) bond motifs is 1. The Kier molecular flexibility index (Phi) is 3.70. The fraction of sp³-hybridized carbons (Fsp3) is 0.500. The first kappa shape index (κ1) is 13.2. The van der Waals surface area contributed by atoms with E-state index in [-0.39, 0.29) is 12.0 Å². The van der Waals surface area contributed by atoms with Crippen LogP contribution in [0.5, 0.6) is 0 Å². The zero-order chi connectivity index (χ0) is 13.4. The van der Waals surface area contributed by atoms with Crippen LogP contribution in [-0.4, -0.2) is 30.1 Å². The van der Waals surface area contributed by atoms with E-state index in [1.165, 1.54) is 0 Å². The molecule has 19 heavy (non-hydrogen) atoms. The molecular weight excluding hydrogens is 285 g/mol. The molecule has 0 aliphatic carbocycles. The molecule has 1 amide bonds. The van der Waals surface area contributed by atoms with E-state index >= 15 is 0 Å². The molecule has 0 unspecified atom stereocenters. The second-order valence-corrected chi connectivity index (χ2v) is 5.88. The average Bonchev–Trinajstić information content (AvgIpc) is 2.91. The summed E-state index contributed by atoms with van der Waals surface area (Å²) in [5.41, 5.74) is 2.16. The molecule has 0 spiro atoms. The fourth-order valence-electron chi connectivity index (χ4n) is 2.75. The lowest BCUT2D eigenvalue weighted by atomic mass is 9.99. The average molecular weight is 300 g/mol. The van der Waals surface area contributed by atoms with Crippen LogP contribution in [-0.2, 0) is 22.5 Å². The van der Waals surface area contributed by atoms with Crippen molar-refractivity contribution in [2.45, 2.75) is 31.9 Å². The summed E-state index contributed by atoms with van der Waals surface area (Å²) in [6.45, 7) is 1.96. The lowest BCUT2D eigenvalue weighted by molar-refractivity contribution is -0.141. The van der Waals surface area contributed by atoms with Gasteiger partial charge in [0.2, 0.25) is 0 Å². The van der Waals surface area contributed by atoms with Crippen LogP contribution >= 0.6 is 23.2 Å². The highest BCUT2D eigenvalue weighted by Crippen LogP contribution is 2.30. The van der Waals surface area contributed by atoms with Gasteiger partial charge in [-0.3, -0.25) is 4.79 Å². The van der Waals surface area contributed by atoms with Gasteiger partial charge >= 0.3 is 0 Å². The summed E-state index contributed by atoms with van der Waals surface area (Å²) in [6.07, 6.45) is 2.34. The Morgan fingerprint density at radius 2 is 2.21 bits per heavy atom. The lowest BCUT2D eigenvalue weighted by Crippen LogP contribution is -2.42. The Labute approximate surface area is 122 Å². The number of carbonyl (C=O) groups is 1. The minimum atomic E-state index is -0.257. The number of benzene rings is 1. The summed E-state index contributed by atoms with van der Waals surface area (Å²) in [6, 6.07) is 3.68. The largest absolute Gasteiger partial charge is 0.368 e. The molecule has 1 saturated heterocycles. The zero-order valence-corrected chi connectivity index (χ0v) is 12.0. The van der Waals surface area contributed by atoms with Crippen molar-refractivity contribution in [1.29, 1.82) is 0 Å². The number of nitrogens with zero attached hydrogens (tertiary/aromatic N) is 1. The lowest BCUT2D eigenvalue weighted by Gasteiger charge is -2.31. The van der Waals surface area contributed by atoms with E-state index in [9.17, 15) is 4.79 Å². The first-order valence-electron chi connectivity index (χ1n) is 6.52. The Hall–Kier alpha value is -0.770. The summed E-state index contributed by atoms with van der Waals surface area (Å²) >= 11 is 12.2. The van der Waals surface area contributed by atoms with E-state index in [2.05, 4.69) is 0 Å². The standard InChI is InChI=1S/C14H15Cl2NO2/c15-10-6-9-3-4-17(8-11(9)12(16)7-10)14(18)13-2-1-5-19-13/h6-7,13H,1-5,8H2/t13-/m0/s1. The van der Waals surface area contributed by atoms with Crippen LogP contribution in [0.3, 0.4) is 0 Å². The van der Waals surface area contributed by atoms with Crippen molar-refractivity contribution in [2.75, 3.05) is 13.2 Å². The van der Waals surface area contributed by atoms with Gasteiger partial charge in [0, 0.05) is 29.7 Å². The van der Waals surface area contributed by atoms with E-state index in [1.54, 1.807) is 6.07 Å². The van der Waals surface area contributed by atoms with Crippen molar-refractivity contribution in [1.82, 2.24) is 4.90 Å². The highest BCUT2D eigenvalue weighted by molar-refractivity contribution is 6.35. The maximum atomic E-state index is 12.3. The monoisotopic (exact) mass is 299 g/mol. The molecule has 1 aromatic carbocycles. The van der Waals surface area contributed by atoms with Crippen molar-refractivity contribution in [2.24, 2.45) is 0 Å². The van der Waals surface area contributed by atoms with Gasteiger partial charge in [0.15, 0.2) is 0 Å². The number of amides is 1. The maximum absolute atomic E-state index is 12.3. The van der Waals surface area contributed by atoms with Crippen molar-refractivity contribution in [3.8, 4) is 0 Å². The van der Waals surface area contributed by atoms with Gasteiger partial charge in [-0.05, 0) is 42.5 Å². The molecule has 2 aliphatic rings. The normalized spacial score (nSPS) is 22.4. The van der Waals surface area contributed by atoms with Crippen LogP contribution in [0.25, 0.3) is 0 Å². The predicted molar refractivity (Wildman–Crippen MR) is 74.6 cm³/mol. The molecule has 0 radical (unpaired) electrons. The van der Waals surface area contributed by atoms with E-state index in [4.69, 9.17) is 27.9 Å². The van der Waals surface area contributed by atoms with Crippen molar-refractivity contribution < 1.29 is 9.53 Å². The Morgan fingerprint density at radius 1 is 1.37 bits per heavy atom. The number of hydrogen-bond acceptors (Lipinski definition) is 2. The summed E-state index contributed by atoms with van der Waals surface area (Å²) < 4.78 is 5.46. The first-order valence-corrected chi connectivity index (χ1v) is 7.28. The number of halogens is 2. The number of carbonyl (C=O) groups excluding carboxylic acids is 1. The molecule has 0 bridgehead atoms. The molecule has 2 aliphatic heterocycles. The Morgan fingerprint density at radius 3 is 2.95 bits per heavy atom. The molecule has 1 aromatic rings. The number of hydrogen-bond donors (Lipinski definition) is 0. The molecule has 1 fully saturated rings. The molecule has 0 aromatic heterocycles. The zero-order valence-electron chi connectivity index (χ0n) is 10.5. The summed E-state index contributed by atoms with van der Waals surface area (Å²) in [5.74, 6) is 0.0918. The SMILES string of the molecule is O=C([C@@H]1CCCO1)N1CCc2cc(Cl)cc(Cl)c2C1. The molecule has 0 saturated carbocycles. The quantitative estimate of drug-likeness (QED) is 0.798. The highest BCUT2D eigenvalue weighted by Gasteiger charge is 2.30. The second-order valence-electron chi connectivity index (χ2n) is 5.04. The molecule has 3 nitrogen and oxygen atoms in total. The number of rotatable bonds is 1. The van der Waals surface area contributed by atoms with Crippen LogP contribution in [0.4, 0.5) is 0 Å². The third-order valence-corrected chi connectivity index (χ3v) is 4.32. The van der Waals surface area contributed by atoms with Gasteiger partial charge < -0.3 is 9.64 Å². The van der Waals surface area contributed by atoms with Crippen LogP contribution in [0.1, 0.15) is 24.0 Å². The van der Waals surface area contributed by atoms with Crippen molar-refractivity contribution in [3.05, 3.63) is 33.3 Å². The van der Waals surface area contributed by atoms with Gasteiger partial charge in [-0.1, -0.05) is 23.2 Å². The van der Waals surface area contributed by atoms with Crippen LogP contribution < -0.4 is 0 Å².